The Morgan fingerprint density at radius 2 is 1.90 bits per heavy atom. The molecule has 5 nitrogen and oxygen atoms in total. The molecule has 2 aliphatic rings. The molecule has 0 radical (unpaired) electrons. The van der Waals surface area contributed by atoms with Gasteiger partial charge in [0.25, 0.3) is 0 Å². The molecule has 1 aliphatic heterocycles. The van der Waals surface area contributed by atoms with Gasteiger partial charge in [0.2, 0.25) is 10.0 Å². The number of carbonyl (C=O) groups excluding carboxylic acids is 1. The summed E-state index contributed by atoms with van der Waals surface area (Å²) in [6.45, 7) is 1.56. The fourth-order valence-electron chi connectivity index (χ4n) is 2.33. The van der Waals surface area contributed by atoms with Gasteiger partial charge < -0.3 is 4.74 Å². The van der Waals surface area contributed by atoms with Gasteiger partial charge in [-0.25, -0.2) is 8.42 Å². The second-order valence-corrected chi connectivity index (χ2v) is 7.12. The molecule has 0 unspecified atom stereocenters. The van der Waals surface area contributed by atoms with Crippen molar-refractivity contribution in [1.29, 1.82) is 0 Å². The summed E-state index contributed by atoms with van der Waals surface area (Å²) in [6.07, 6.45) is 1.83. The zero-order chi connectivity index (χ0) is 14.2. The van der Waals surface area contributed by atoms with Gasteiger partial charge >= 0.3 is 0 Å². The molecule has 0 amide bonds. The highest BCUT2D eigenvalue weighted by molar-refractivity contribution is 7.89. The predicted molar refractivity (Wildman–Crippen MR) is 73.1 cm³/mol. The lowest BCUT2D eigenvalue weighted by molar-refractivity contribution is 0.0730. The molecule has 3 rings (SSSR count). The Kier molecular flexibility index (Phi) is 3.62. The van der Waals surface area contributed by atoms with Crippen molar-refractivity contribution in [1.82, 2.24) is 4.31 Å². The summed E-state index contributed by atoms with van der Waals surface area (Å²) < 4.78 is 31.6. The molecule has 2 fully saturated rings. The van der Waals surface area contributed by atoms with Crippen LogP contribution in [0.15, 0.2) is 29.2 Å². The van der Waals surface area contributed by atoms with Crippen molar-refractivity contribution in [3.8, 4) is 0 Å². The highest BCUT2D eigenvalue weighted by Crippen LogP contribution is 2.33. The molecule has 0 atom stereocenters. The zero-order valence-electron chi connectivity index (χ0n) is 11.1. The van der Waals surface area contributed by atoms with Gasteiger partial charge in [-0.15, -0.1) is 0 Å². The van der Waals surface area contributed by atoms with E-state index >= 15 is 0 Å². The Bertz CT molecular complexity index is 616. The number of hydrogen-bond acceptors (Lipinski definition) is 4. The van der Waals surface area contributed by atoms with Gasteiger partial charge in [0, 0.05) is 24.6 Å². The Labute approximate surface area is 118 Å². The fraction of sp³-hybridized carbons (Fsp3) is 0.500. The molecule has 1 aromatic rings. The Balaban J connectivity index is 1.88. The van der Waals surface area contributed by atoms with E-state index in [1.807, 2.05) is 0 Å². The van der Waals surface area contributed by atoms with Crippen molar-refractivity contribution in [2.75, 3.05) is 26.3 Å². The van der Waals surface area contributed by atoms with Gasteiger partial charge in [0.15, 0.2) is 5.78 Å². The number of sulfonamides is 1. The van der Waals surface area contributed by atoms with E-state index < -0.39 is 10.0 Å². The highest BCUT2D eigenvalue weighted by atomic mass is 32.2. The van der Waals surface area contributed by atoms with Gasteiger partial charge in [0.05, 0.1) is 18.1 Å². The third-order valence-electron chi connectivity index (χ3n) is 3.67. The molecule has 6 heteroatoms. The Morgan fingerprint density at radius 1 is 1.20 bits per heavy atom. The van der Waals surface area contributed by atoms with Gasteiger partial charge in [-0.05, 0) is 25.0 Å². The number of rotatable bonds is 4. The lowest BCUT2D eigenvalue weighted by Crippen LogP contribution is -2.40. The van der Waals surface area contributed by atoms with Crippen molar-refractivity contribution >= 4 is 15.8 Å². The normalized spacial score (nSPS) is 20.8. The average Bonchev–Trinajstić information content (AvgIpc) is 3.32. The molecule has 1 saturated carbocycles. The van der Waals surface area contributed by atoms with Crippen LogP contribution in [0.1, 0.15) is 23.2 Å². The largest absolute Gasteiger partial charge is 0.379 e. The summed E-state index contributed by atoms with van der Waals surface area (Å²) in [7, 11) is -3.52. The maximum absolute atomic E-state index is 12.5. The van der Waals surface area contributed by atoms with Crippen LogP contribution in [0.2, 0.25) is 0 Å². The van der Waals surface area contributed by atoms with Crippen LogP contribution in [0.25, 0.3) is 0 Å². The standard InChI is InChI=1S/C14H17NO4S/c16-14(11-4-5-11)12-2-1-3-13(10-12)20(17,18)15-6-8-19-9-7-15/h1-3,10-11H,4-9H2. The van der Waals surface area contributed by atoms with Crippen LogP contribution < -0.4 is 0 Å². The monoisotopic (exact) mass is 295 g/mol. The lowest BCUT2D eigenvalue weighted by atomic mass is 10.1. The van der Waals surface area contributed by atoms with Crippen LogP contribution >= 0.6 is 0 Å². The van der Waals surface area contributed by atoms with Crippen LogP contribution in [0.3, 0.4) is 0 Å². The first kappa shape index (κ1) is 13.7. The summed E-state index contributed by atoms with van der Waals surface area (Å²) in [5.74, 6) is 0.153. The summed E-state index contributed by atoms with van der Waals surface area (Å²) in [6, 6.07) is 6.39. The smallest absolute Gasteiger partial charge is 0.243 e. The maximum Gasteiger partial charge on any atom is 0.243 e. The van der Waals surface area contributed by atoms with E-state index in [2.05, 4.69) is 0 Å². The number of ether oxygens (including phenoxy) is 1. The zero-order valence-corrected chi connectivity index (χ0v) is 11.9. The van der Waals surface area contributed by atoms with Gasteiger partial charge in [-0.2, -0.15) is 4.31 Å². The third kappa shape index (κ3) is 2.63. The Morgan fingerprint density at radius 3 is 2.55 bits per heavy atom. The van der Waals surface area contributed by atoms with E-state index in [-0.39, 0.29) is 16.6 Å². The molecule has 1 heterocycles. The summed E-state index contributed by atoms with van der Waals surface area (Å²) >= 11 is 0. The van der Waals surface area contributed by atoms with Crippen molar-refractivity contribution in [3.63, 3.8) is 0 Å². The van der Waals surface area contributed by atoms with Gasteiger partial charge in [-0.3, -0.25) is 4.79 Å². The molecular formula is C14H17NO4S. The fourth-order valence-corrected chi connectivity index (χ4v) is 3.78. The van der Waals surface area contributed by atoms with E-state index in [1.165, 1.54) is 10.4 Å². The van der Waals surface area contributed by atoms with Gasteiger partial charge in [0.1, 0.15) is 0 Å². The van der Waals surface area contributed by atoms with E-state index in [0.717, 1.165) is 12.8 Å². The number of carbonyl (C=O) groups is 1. The minimum atomic E-state index is -3.52. The minimum absolute atomic E-state index is 0.0593. The predicted octanol–water partition coefficient (Wildman–Crippen LogP) is 1.30. The molecule has 0 bridgehead atoms. The first-order chi connectivity index (χ1) is 9.59. The van der Waals surface area contributed by atoms with Crippen molar-refractivity contribution in [2.45, 2.75) is 17.7 Å². The third-order valence-corrected chi connectivity index (χ3v) is 5.57. The number of Topliss-reactive ketones (excluding diaryl/α,β-unsaturated/α-hetero) is 1. The molecule has 108 valence electrons. The van der Waals surface area contributed by atoms with Crippen LogP contribution in [0, 0.1) is 5.92 Å². The highest BCUT2D eigenvalue weighted by Gasteiger charge is 2.32. The van der Waals surface area contributed by atoms with Crippen LogP contribution in [-0.2, 0) is 14.8 Å². The molecular weight excluding hydrogens is 278 g/mol. The second kappa shape index (κ2) is 5.27. The number of ketones is 1. The maximum atomic E-state index is 12.5. The van der Waals surface area contributed by atoms with Gasteiger partial charge in [-0.1, -0.05) is 12.1 Å². The molecule has 1 aromatic carbocycles. The summed E-state index contributed by atoms with van der Waals surface area (Å²) in [5.41, 5.74) is 0.502. The first-order valence-electron chi connectivity index (χ1n) is 6.81. The van der Waals surface area contributed by atoms with E-state index in [4.69, 9.17) is 4.74 Å². The van der Waals surface area contributed by atoms with Crippen molar-refractivity contribution in [2.24, 2.45) is 5.92 Å². The topological polar surface area (TPSA) is 63.7 Å². The number of morpholine rings is 1. The average molecular weight is 295 g/mol. The second-order valence-electron chi connectivity index (χ2n) is 5.18. The quantitative estimate of drug-likeness (QED) is 0.785. The minimum Gasteiger partial charge on any atom is -0.379 e. The van der Waals surface area contributed by atoms with Crippen LogP contribution in [0.5, 0.6) is 0 Å². The van der Waals surface area contributed by atoms with Crippen LogP contribution in [-0.4, -0.2) is 44.8 Å². The molecule has 0 aromatic heterocycles. The first-order valence-corrected chi connectivity index (χ1v) is 8.25. The molecule has 20 heavy (non-hydrogen) atoms. The number of hydrogen-bond donors (Lipinski definition) is 0. The Hall–Kier alpha value is -1.24. The lowest BCUT2D eigenvalue weighted by Gasteiger charge is -2.26. The molecule has 1 saturated heterocycles. The number of benzene rings is 1. The molecule has 0 N–H and O–H groups in total. The van der Waals surface area contributed by atoms with E-state index in [0.29, 0.717) is 31.9 Å². The molecule has 0 spiro atoms. The molecule has 1 aliphatic carbocycles. The van der Waals surface area contributed by atoms with Crippen LogP contribution in [0.4, 0.5) is 0 Å². The summed E-state index contributed by atoms with van der Waals surface area (Å²) in [4.78, 5) is 12.2. The van der Waals surface area contributed by atoms with E-state index in [1.54, 1.807) is 18.2 Å². The van der Waals surface area contributed by atoms with E-state index in [9.17, 15) is 13.2 Å². The number of nitrogens with zero attached hydrogens (tertiary/aromatic N) is 1. The van der Waals surface area contributed by atoms with Crippen molar-refractivity contribution in [3.05, 3.63) is 29.8 Å². The summed E-state index contributed by atoms with van der Waals surface area (Å²) in [5, 5.41) is 0. The van der Waals surface area contributed by atoms with Crippen molar-refractivity contribution < 1.29 is 17.9 Å². The SMILES string of the molecule is O=C(c1cccc(S(=O)(=O)N2CCOCC2)c1)C1CC1.